The molecule has 0 saturated heterocycles. The van der Waals surface area contributed by atoms with Crippen LogP contribution in [0.3, 0.4) is 0 Å². The summed E-state index contributed by atoms with van der Waals surface area (Å²) in [5.74, 6) is 0.271. The number of carbonyl (C=O) groups excluding carboxylic acids is 1. The average Bonchev–Trinajstić information content (AvgIpc) is 2.82. The highest BCUT2D eigenvalue weighted by molar-refractivity contribution is 9.11. The summed E-state index contributed by atoms with van der Waals surface area (Å²) in [7, 11) is 0. The largest absolute Gasteiger partial charge is 0.333 e. The number of thioether (sulfide) groups is 1. The third-order valence-electron chi connectivity index (χ3n) is 3.22. The lowest BCUT2D eigenvalue weighted by molar-refractivity contribution is -0.127. The standard InChI is InChI=1S/C16H18BrNOS2/c1-4-16(19)18-8-13(5-6-20-10-11(2)17)14-7-12(3)21-15(14)9-18/h4-7,10,13H,1,8-9H2,2-3H3/b6-5+,11-10+/t13-/m0/s1. The molecule has 1 aromatic rings. The van der Waals surface area contributed by atoms with Crippen molar-refractivity contribution in [2.24, 2.45) is 0 Å². The molecule has 5 heteroatoms. The van der Waals surface area contributed by atoms with Gasteiger partial charge in [-0.05, 0) is 46.9 Å². The van der Waals surface area contributed by atoms with E-state index in [1.54, 1.807) is 23.1 Å². The van der Waals surface area contributed by atoms with Crippen LogP contribution in [0.25, 0.3) is 0 Å². The first-order valence-corrected chi connectivity index (χ1v) is 9.21. The molecule has 1 atom stereocenters. The number of fused-ring (bicyclic) bond motifs is 1. The van der Waals surface area contributed by atoms with E-state index < -0.39 is 0 Å². The Morgan fingerprint density at radius 3 is 3.05 bits per heavy atom. The summed E-state index contributed by atoms with van der Waals surface area (Å²) in [4.78, 5) is 16.4. The van der Waals surface area contributed by atoms with Crippen LogP contribution in [-0.4, -0.2) is 17.4 Å². The van der Waals surface area contributed by atoms with Gasteiger partial charge in [0, 0.05) is 22.2 Å². The van der Waals surface area contributed by atoms with E-state index in [1.807, 2.05) is 17.2 Å². The molecule has 1 aromatic heterocycles. The molecule has 112 valence electrons. The van der Waals surface area contributed by atoms with Crippen LogP contribution in [0.1, 0.15) is 28.2 Å². The van der Waals surface area contributed by atoms with Crippen molar-refractivity contribution in [3.05, 3.63) is 55.4 Å². The molecule has 0 N–H and O–H groups in total. The molecule has 2 heterocycles. The van der Waals surface area contributed by atoms with Crippen molar-refractivity contribution in [2.75, 3.05) is 6.54 Å². The SMILES string of the molecule is C=CC(=O)N1Cc2sc(C)cc2[C@@H](/C=C/S/C=C(\C)Br)C1. The molecule has 0 unspecified atom stereocenters. The number of amides is 1. The van der Waals surface area contributed by atoms with E-state index in [0.717, 1.165) is 11.0 Å². The topological polar surface area (TPSA) is 20.3 Å². The van der Waals surface area contributed by atoms with Gasteiger partial charge in [0.25, 0.3) is 0 Å². The van der Waals surface area contributed by atoms with Crippen LogP contribution in [0, 0.1) is 6.92 Å². The van der Waals surface area contributed by atoms with Gasteiger partial charge in [-0.2, -0.15) is 0 Å². The van der Waals surface area contributed by atoms with Gasteiger partial charge in [0.1, 0.15) is 0 Å². The predicted octanol–water partition coefficient (Wildman–Crippen LogP) is 5.17. The Morgan fingerprint density at radius 1 is 1.62 bits per heavy atom. The number of aryl methyl sites for hydroxylation is 1. The maximum absolute atomic E-state index is 11.9. The Labute approximate surface area is 142 Å². The quantitative estimate of drug-likeness (QED) is 0.668. The van der Waals surface area contributed by atoms with Gasteiger partial charge in [0.15, 0.2) is 0 Å². The van der Waals surface area contributed by atoms with E-state index in [9.17, 15) is 4.79 Å². The summed E-state index contributed by atoms with van der Waals surface area (Å²) in [6, 6.07) is 2.25. The highest BCUT2D eigenvalue weighted by Crippen LogP contribution is 2.35. The van der Waals surface area contributed by atoms with Crippen LogP contribution in [0.5, 0.6) is 0 Å². The summed E-state index contributed by atoms with van der Waals surface area (Å²) >= 11 is 6.84. The van der Waals surface area contributed by atoms with Crippen molar-refractivity contribution in [3.63, 3.8) is 0 Å². The van der Waals surface area contributed by atoms with E-state index in [1.165, 1.54) is 21.4 Å². The van der Waals surface area contributed by atoms with E-state index in [2.05, 4.69) is 47.0 Å². The molecular weight excluding hydrogens is 366 g/mol. The molecule has 0 radical (unpaired) electrons. The maximum atomic E-state index is 11.9. The number of carbonyl (C=O) groups is 1. The smallest absolute Gasteiger partial charge is 0.246 e. The lowest BCUT2D eigenvalue weighted by Crippen LogP contribution is -2.36. The first-order valence-electron chi connectivity index (χ1n) is 6.66. The van der Waals surface area contributed by atoms with Crippen molar-refractivity contribution < 1.29 is 4.79 Å². The number of hydrogen-bond donors (Lipinski definition) is 0. The van der Waals surface area contributed by atoms with Crippen LogP contribution in [0.15, 0.2) is 40.1 Å². The van der Waals surface area contributed by atoms with Gasteiger partial charge in [0.2, 0.25) is 5.91 Å². The molecule has 1 aliphatic heterocycles. The minimum Gasteiger partial charge on any atom is -0.333 e. The lowest BCUT2D eigenvalue weighted by atomic mass is 9.95. The molecule has 0 aromatic carbocycles. The van der Waals surface area contributed by atoms with Crippen molar-refractivity contribution in [2.45, 2.75) is 26.3 Å². The fraction of sp³-hybridized carbons (Fsp3) is 0.312. The van der Waals surface area contributed by atoms with Crippen LogP contribution in [-0.2, 0) is 11.3 Å². The molecule has 2 rings (SSSR count). The molecule has 1 aliphatic rings. The number of nitrogens with zero attached hydrogens (tertiary/aromatic N) is 1. The lowest BCUT2D eigenvalue weighted by Gasteiger charge is -2.30. The van der Waals surface area contributed by atoms with Gasteiger partial charge in [-0.15, -0.1) is 23.1 Å². The second-order valence-electron chi connectivity index (χ2n) is 4.93. The summed E-state index contributed by atoms with van der Waals surface area (Å²) in [6.45, 7) is 9.15. The van der Waals surface area contributed by atoms with Gasteiger partial charge in [-0.25, -0.2) is 0 Å². The van der Waals surface area contributed by atoms with Gasteiger partial charge >= 0.3 is 0 Å². The van der Waals surface area contributed by atoms with Gasteiger partial charge in [-0.3, -0.25) is 4.79 Å². The normalized spacial score (nSPS) is 18.9. The molecule has 21 heavy (non-hydrogen) atoms. The number of thiophene rings is 1. The first-order chi connectivity index (χ1) is 10.0. The van der Waals surface area contributed by atoms with Gasteiger partial charge < -0.3 is 4.90 Å². The molecule has 0 fully saturated rings. The molecule has 0 spiro atoms. The fourth-order valence-electron chi connectivity index (χ4n) is 2.33. The molecule has 2 nitrogen and oxygen atoms in total. The third-order valence-corrected chi connectivity index (χ3v) is 5.61. The first kappa shape index (κ1) is 16.6. The molecule has 0 aliphatic carbocycles. The Bertz CT molecular complexity index is 599. The van der Waals surface area contributed by atoms with Crippen LogP contribution in [0.4, 0.5) is 0 Å². The van der Waals surface area contributed by atoms with Crippen LogP contribution >= 0.6 is 39.0 Å². The summed E-state index contributed by atoms with van der Waals surface area (Å²) < 4.78 is 1.11. The second-order valence-corrected chi connectivity index (χ2v) is 8.31. The third kappa shape index (κ3) is 4.34. The summed E-state index contributed by atoms with van der Waals surface area (Å²) in [5.41, 5.74) is 1.36. The Hall–Kier alpha value is -0.780. The van der Waals surface area contributed by atoms with Crippen LogP contribution in [0.2, 0.25) is 0 Å². The van der Waals surface area contributed by atoms with Crippen molar-refractivity contribution in [1.29, 1.82) is 0 Å². The van der Waals surface area contributed by atoms with E-state index >= 15 is 0 Å². The zero-order valence-electron chi connectivity index (χ0n) is 12.1. The Kier molecular flexibility index (Phi) is 5.90. The summed E-state index contributed by atoms with van der Waals surface area (Å²) in [5, 5.41) is 4.14. The Morgan fingerprint density at radius 2 is 2.38 bits per heavy atom. The zero-order valence-corrected chi connectivity index (χ0v) is 15.4. The van der Waals surface area contributed by atoms with Crippen LogP contribution < -0.4 is 0 Å². The van der Waals surface area contributed by atoms with Crippen molar-refractivity contribution >= 4 is 44.9 Å². The Balaban J connectivity index is 2.20. The summed E-state index contributed by atoms with van der Waals surface area (Å²) in [6.07, 6.45) is 3.59. The predicted molar refractivity (Wildman–Crippen MR) is 96.8 cm³/mol. The minimum atomic E-state index is 0.00829. The molecule has 0 bridgehead atoms. The average molecular weight is 384 g/mol. The van der Waals surface area contributed by atoms with Crippen molar-refractivity contribution in [3.8, 4) is 0 Å². The molecule has 1 amide bonds. The molecule has 0 saturated carbocycles. The van der Waals surface area contributed by atoms with Gasteiger partial charge in [0.05, 0.1) is 6.54 Å². The maximum Gasteiger partial charge on any atom is 0.246 e. The minimum absolute atomic E-state index is 0.00829. The number of hydrogen-bond acceptors (Lipinski definition) is 3. The fourth-order valence-corrected chi connectivity index (χ4v) is 4.32. The highest BCUT2D eigenvalue weighted by atomic mass is 79.9. The second kappa shape index (κ2) is 7.47. The monoisotopic (exact) mass is 383 g/mol. The van der Waals surface area contributed by atoms with E-state index in [4.69, 9.17) is 0 Å². The van der Waals surface area contributed by atoms with Crippen molar-refractivity contribution in [1.82, 2.24) is 4.90 Å². The highest BCUT2D eigenvalue weighted by Gasteiger charge is 2.27. The van der Waals surface area contributed by atoms with E-state index in [-0.39, 0.29) is 11.8 Å². The molecular formula is C16H18BrNOS2. The van der Waals surface area contributed by atoms with Gasteiger partial charge in [-0.1, -0.05) is 28.6 Å². The number of rotatable bonds is 4. The number of halogens is 1. The zero-order chi connectivity index (χ0) is 15.4. The number of allylic oxidation sites excluding steroid dienone is 1. The van der Waals surface area contributed by atoms with E-state index in [0.29, 0.717) is 6.54 Å².